The lowest BCUT2D eigenvalue weighted by Gasteiger charge is -2.48. The number of carbonyl (C=O) groups excluding carboxylic acids is 2. The van der Waals surface area contributed by atoms with Gasteiger partial charge in [0.1, 0.15) is 29.0 Å². The minimum absolute atomic E-state index is 0.00972. The summed E-state index contributed by atoms with van der Waals surface area (Å²) in [6.07, 6.45) is -6.00. The van der Waals surface area contributed by atoms with Crippen LogP contribution in [0.3, 0.4) is 0 Å². The normalized spacial score (nSPS) is 22.8. The molecule has 3 N–H and O–H groups in total. The number of alkyl halides is 3. The highest BCUT2D eigenvalue weighted by atomic mass is 35.5. The Morgan fingerprint density at radius 1 is 1.09 bits per heavy atom. The number of sulfonamides is 1. The van der Waals surface area contributed by atoms with Gasteiger partial charge in [-0.1, -0.05) is 22.9 Å². The molecular weight excluding hydrogens is 747 g/mol. The SMILES string of the molecule is CNC(=O)[C@@H]1C[C@@H](O)C[N+]1(C)C1(c2cc(CCc3nn[nH]n3)ccc2OC)C(=O)N(S(=O)(=O)c2ccc(OC)cc2OC(F)(F)F)c2ccc(Cl)cc21. The molecule has 1 aromatic heterocycles. The van der Waals surface area contributed by atoms with E-state index in [4.69, 9.17) is 21.1 Å². The van der Waals surface area contributed by atoms with Gasteiger partial charge >= 0.3 is 12.3 Å². The Hall–Kier alpha value is -4.98. The van der Waals surface area contributed by atoms with Gasteiger partial charge in [-0.25, -0.2) is 8.42 Å². The summed E-state index contributed by atoms with van der Waals surface area (Å²) in [4.78, 5) is 28.4. The molecule has 3 aromatic carbocycles. The van der Waals surface area contributed by atoms with Gasteiger partial charge in [0, 0.05) is 31.0 Å². The Bertz CT molecular complexity index is 2180. The van der Waals surface area contributed by atoms with Crippen molar-refractivity contribution in [2.45, 2.75) is 48.2 Å². The maximum absolute atomic E-state index is 15.7. The molecule has 1 saturated heterocycles. The third-order valence-corrected chi connectivity index (χ3v) is 11.7. The summed E-state index contributed by atoms with van der Waals surface area (Å²) in [6.45, 7) is -0.245. The molecule has 0 spiro atoms. The van der Waals surface area contributed by atoms with E-state index in [0.717, 1.165) is 18.2 Å². The topological polar surface area (TPSA) is 186 Å². The first-order valence-corrected chi connectivity index (χ1v) is 17.8. The number of aromatic nitrogens is 4. The predicted octanol–water partition coefficient (Wildman–Crippen LogP) is 2.86. The fourth-order valence-electron chi connectivity index (χ4n) is 7.52. The van der Waals surface area contributed by atoms with Gasteiger partial charge in [-0.3, -0.25) is 14.1 Å². The van der Waals surface area contributed by atoms with Gasteiger partial charge in [-0.15, -0.1) is 23.4 Å². The number of aryl methyl sites for hydroxylation is 2. The molecule has 0 aliphatic carbocycles. The summed E-state index contributed by atoms with van der Waals surface area (Å²) in [7, 11) is 0.137. The van der Waals surface area contributed by atoms with Gasteiger partial charge < -0.3 is 24.6 Å². The molecular formula is C33H34ClF3N7O8S+. The first-order chi connectivity index (χ1) is 25.0. The van der Waals surface area contributed by atoms with Crippen LogP contribution in [-0.4, -0.2) is 104 Å². The van der Waals surface area contributed by atoms with Crippen molar-refractivity contribution in [2.75, 3.05) is 39.2 Å². The third-order valence-electron chi connectivity index (χ3n) is 9.72. The van der Waals surface area contributed by atoms with Crippen molar-refractivity contribution >= 4 is 39.1 Å². The van der Waals surface area contributed by atoms with E-state index in [-0.39, 0.29) is 46.3 Å². The number of amides is 2. The fraction of sp³-hybridized carbons (Fsp3) is 0.364. The molecule has 282 valence electrons. The van der Waals surface area contributed by atoms with Crippen LogP contribution in [0.15, 0.2) is 59.5 Å². The van der Waals surface area contributed by atoms with E-state index in [2.05, 4.69) is 30.7 Å². The van der Waals surface area contributed by atoms with Crippen LogP contribution in [0.25, 0.3) is 0 Å². The van der Waals surface area contributed by atoms with E-state index in [1.165, 1.54) is 46.5 Å². The molecule has 0 radical (unpaired) electrons. The average molecular weight is 781 g/mol. The van der Waals surface area contributed by atoms with Crippen LogP contribution < -0.4 is 23.8 Å². The van der Waals surface area contributed by atoms with Crippen LogP contribution in [0.4, 0.5) is 18.9 Å². The number of carbonyl (C=O) groups is 2. The number of fused-ring (bicyclic) bond motifs is 1. The molecule has 3 heterocycles. The third kappa shape index (κ3) is 6.30. The van der Waals surface area contributed by atoms with Gasteiger partial charge in [0.15, 0.2) is 17.6 Å². The number of hydrogen-bond acceptors (Lipinski definition) is 11. The Morgan fingerprint density at radius 3 is 2.49 bits per heavy atom. The number of anilines is 1. The molecule has 1 fully saturated rings. The number of nitrogens with zero attached hydrogens (tertiary/aromatic N) is 5. The number of hydrogen-bond donors (Lipinski definition) is 3. The van der Waals surface area contributed by atoms with Crippen molar-refractivity contribution in [2.24, 2.45) is 0 Å². The molecule has 4 aromatic rings. The first kappa shape index (κ1) is 37.8. The number of halogens is 4. The monoisotopic (exact) mass is 780 g/mol. The Morgan fingerprint density at radius 2 is 1.85 bits per heavy atom. The quantitative estimate of drug-likeness (QED) is 0.190. The first-order valence-electron chi connectivity index (χ1n) is 16.0. The molecule has 0 saturated carbocycles. The molecule has 2 unspecified atom stereocenters. The standard InChI is InChI=1S/C33H33ClF3N7O8S/c1-38-30(46)25-15-20(45)17-44(25,2)32(23-13-18(5-10-26(23)51-4)6-12-29-39-41-42-40-29)22-14-19(34)7-9-24(22)43(31(32)47)53(48,49)28-11-8-21(50-3)16-27(28)52-33(35,36)37/h5,7-11,13-14,16,20,25,45H,6,12,15,17H2,1-4H3,(H-,38,39,40,41,42,46)/p+1/t20-,25+,32?,44?/m1/s1. The van der Waals surface area contributed by atoms with Crippen LogP contribution in [0.2, 0.25) is 5.02 Å². The number of benzene rings is 3. The average Bonchev–Trinajstić information content (AvgIpc) is 3.81. The number of aromatic amines is 1. The highest BCUT2D eigenvalue weighted by molar-refractivity contribution is 7.93. The molecule has 15 nitrogen and oxygen atoms in total. The number of likely N-dealkylation sites (N-methyl/N-ethyl adjacent to an activating group) is 2. The lowest BCUT2D eigenvalue weighted by molar-refractivity contribution is -0.953. The number of nitrogens with one attached hydrogen (secondary N) is 2. The number of aliphatic hydroxyl groups is 1. The minimum atomic E-state index is -5.33. The predicted molar refractivity (Wildman–Crippen MR) is 181 cm³/mol. The molecule has 0 bridgehead atoms. The number of rotatable bonds is 11. The van der Waals surface area contributed by atoms with E-state index in [0.29, 0.717) is 28.5 Å². The van der Waals surface area contributed by atoms with E-state index < -0.39 is 61.0 Å². The molecule has 4 atom stereocenters. The van der Waals surface area contributed by atoms with Gasteiger partial charge in [0.25, 0.3) is 15.9 Å². The van der Waals surface area contributed by atoms with E-state index in [1.54, 1.807) is 18.2 Å². The maximum atomic E-state index is 15.7. The number of quaternary nitrogens is 1. The second-order valence-electron chi connectivity index (χ2n) is 12.6. The van der Waals surface area contributed by atoms with Crippen molar-refractivity contribution < 1.29 is 55.0 Å². The number of ether oxygens (including phenoxy) is 3. The summed E-state index contributed by atoms with van der Waals surface area (Å²) in [5.41, 5.74) is -1.79. The van der Waals surface area contributed by atoms with Crippen LogP contribution in [0.1, 0.15) is 28.9 Å². The van der Waals surface area contributed by atoms with Crippen molar-refractivity contribution in [3.8, 4) is 17.2 Å². The zero-order chi connectivity index (χ0) is 38.5. The van der Waals surface area contributed by atoms with Gasteiger partial charge in [0.05, 0.1) is 38.1 Å². The summed E-state index contributed by atoms with van der Waals surface area (Å²) in [5.74, 6) is -2.56. The Labute approximate surface area is 306 Å². The van der Waals surface area contributed by atoms with Crippen molar-refractivity contribution in [3.05, 3.63) is 82.1 Å². The number of aliphatic hydroxyl groups excluding tert-OH is 1. The molecule has 2 aliphatic rings. The Kier molecular flexibility index (Phi) is 9.82. The minimum Gasteiger partial charge on any atom is -0.497 e. The lowest BCUT2D eigenvalue weighted by atomic mass is 9.78. The molecule has 6 rings (SSSR count). The van der Waals surface area contributed by atoms with Crippen LogP contribution in [0.5, 0.6) is 17.2 Å². The highest BCUT2D eigenvalue weighted by Crippen LogP contribution is 2.58. The largest absolute Gasteiger partial charge is 0.573 e. The molecule has 2 aliphatic heterocycles. The summed E-state index contributed by atoms with van der Waals surface area (Å²) >= 11 is 6.59. The van der Waals surface area contributed by atoms with Crippen LogP contribution in [-0.2, 0) is 38.0 Å². The number of H-pyrrole nitrogens is 1. The number of methoxy groups -OCH3 is 2. The Balaban J connectivity index is 1.68. The molecule has 20 heteroatoms. The van der Waals surface area contributed by atoms with Crippen LogP contribution in [0, 0.1) is 0 Å². The summed E-state index contributed by atoms with van der Waals surface area (Å²) < 4.78 is 85.5. The summed E-state index contributed by atoms with van der Waals surface area (Å²) in [5, 5.41) is 27.8. The zero-order valence-corrected chi connectivity index (χ0v) is 30.2. The smallest absolute Gasteiger partial charge is 0.497 e. The summed E-state index contributed by atoms with van der Waals surface area (Å²) in [6, 6.07) is 10.4. The molecule has 53 heavy (non-hydrogen) atoms. The maximum Gasteiger partial charge on any atom is 0.573 e. The van der Waals surface area contributed by atoms with E-state index in [9.17, 15) is 31.5 Å². The van der Waals surface area contributed by atoms with Gasteiger partial charge in [0.2, 0.25) is 5.54 Å². The van der Waals surface area contributed by atoms with E-state index >= 15 is 4.79 Å². The van der Waals surface area contributed by atoms with Crippen molar-refractivity contribution in [3.63, 3.8) is 0 Å². The van der Waals surface area contributed by atoms with Crippen molar-refractivity contribution in [1.82, 2.24) is 25.9 Å². The van der Waals surface area contributed by atoms with Crippen LogP contribution >= 0.6 is 11.6 Å². The second kappa shape index (κ2) is 13.8. The molecule has 2 amide bonds. The van der Waals surface area contributed by atoms with Gasteiger partial charge in [-0.05, 0) is 54.4 Å². The zero-order valence-electron chi connectivity index (χ0n) is 28.6. The van der Waals surface area contributed by atoms with Crippen molar-refractivity contribution in [1.29, 1.82) is 0 Å². The fourth-order valence-corrected chi connectivity index (χ4v) is 9.25. The highest BCUT2D eigenvalue weighted by Gasteiger charge is 2.72. The van der Waals surface area contributed by atoms with Gasteiger partial charge in [-0.2, -0.15) is 9.52 Å². The lowest BCUT2D eigenvalue weighted by Crippen LogP contribution is -2.69. The number of tetrazole rings is 1. The second-order valence-corrected chi connectivity index (χ2v) is 14.8. The van der Waals surface area contributed by atoms with E-state index in [1.807, 2.05) is 0 Å². The number of likely N-dealkylation sites (tertiary alicyclic amines) is 1.